The highest BCUT2D eigenvalue weighted by molar-refractivity contribution is 7.89. The lowest BCUT2D eigenvalue weighted by Crippen LogP contribution is -2.44. The molecule has 9 heteroatoms. The molecule has 2 heterocycles. The van der Waals surface area contributed by atoms with Crippen LogP contribution in [0.2, 0.25) is 0 Å². The Morgan fingerprint density at radius 1 is 1.16 bits per heavy atom. The Morgan fingerprint density at radius 2 is 1.88 bits per heavy atom. The maximum absolute atomic E-state index is 13.5. The maximum Gasteiger partial charge on any atom is 0.341 e. The van der Waals surface area contributed by atoms with Gasteiger partial charge in [0, 0.05) is 30.2 Å². The molecule has 1 amide bonds. The Kier molecular flexibility index (Phi) is 7.09. The molecule has 1 saturated heterocycles. The van der Waals surface area contributed by atoms with Gasteiger partial charge in [0.25, 0.3) is 0 Å². The Balaban J connectivity index is 1.83. The Morgan fingerprint density at radius 3 is 2.53 bits per heavy atom. The van der Waals surface area contributed by atoms with Crippen molar-refractivity contribution in [1.29, 1.82) is 0 Å². The van der Waals surface area contributed by atoms with Gasteiger partial charge in [-0.2, -0.15) is 4.31 Å². The molecule has 1 fully saturated rings. The summed E-state index contributed by atoms with van der Waals surface area (Å²) in [6.07, 6.45) is 1.15. The summed E-state index contributed by atoms with van der Waals surface area (Å²) in [5.41, 5.74) is 3.76. The fourth-order valence-electron chi connectivity index (χ4n) is 4.10. The molecule has 0 bridgehead atoms. The second-order valence-corrected chi connectivity index (χ2v) is 10.2. The van der Waals surface area contributed by atoms with Crippen molar-refractivity contribution in [3.63, 3.8) is 0 Å². The van der Waals surface area contributed by atoms with Gasteiger partial charge in [-0.1, -0.05) is 6.07 Å². The van der Waals surface area contributed by atoms with Crippen LogP contribution in [0.4, 0.5) is 5.69 Å². The molecule has 1 atom stereocenters. The molecule has 0 radical (unpaired) electrons. The van der Waals surface area contributed by atoms with E-state index in [-0.39, 0.29) is 29.5 Å². The number of piperidine rings is 1. The molecule has 32 heavy (non-hydrogen) atoms. The fourth-order valence-corrected chi connectivity index (χ4v) is 6.03. The topological polar surface area (TPSA) is 109 Å². The van der Waals surface area contributed by atoms with Gasteiger partial charge in [-0.25, -0.2) is 13.2 Å². The van der Waals surface area contributed by atoms with Crippen LogP contribution in [-0.2, 0) is 19.6 Å². The molecule has 174 valence electrons. The van der Waals surface area contributed by atoms with Crippen LogP contribution in [-0.4, -0.2) is 49.3 Å². The van der Waals surface area contributed by atoms with E-state index in [0.717, 1.165) is 11.1 Å². The first-order valence-electron chi connectivity index (χ1n) is 10.8. The number of H-pyrrole nitrogens is 1. The summed E-state index contributed by atoms with van der Waals surface area (Å²) < 4.78 is 33.4. The molecule has 0 aliphatic carbocycles. The van der Waals surface area contributed by atoms with Gasteiger partial charge in [0.15, 0.2) is 0 Å². The number of anilines is 1. The number of hydrogen-bond acceptors (Lipinski definition) is 5. The first kappa shape index (κ1) is 24.0. The summed E-state index contributed by atoms with van der Waals surface area (Å²) in [6, 6.07) is 5.69. The molecule has 1 aliphatic rings. The van der Waals surface area contributed by atoms with Crippen LogP contribution in [0.15, 0.2) is 23.1 Å². The van der Waals surface area contributed by atoms with Gasteiger partial charge < -0.3 is 15.0 Å². The number of benzene rings is 1. The number of sulfonamides is 1. The van der Waals surface area contributed by atoms with E-state index < -0.39 is 21.9 Å². The fraction of sp³-hybridized carbons (Fsp3) is 0.478. The first-order valence-corrected chi connectivity index (χ1v) is 12.2. The summed E-state index contributed by atoms with van der Waals surface area (Å²) in [6.45, 7) is 9.41. The molecule has 0 saturated carbocycles. The number of nitrogens with zero attached hydrogens (tertiary/aromatic N) is 1. The molecule has 0 unspecified atom stereocenters. The van der Waals surface area contributed by atoms with E-state index >= 15 is 0 Å². The van der Waals surface area contributed by atoms with Crippen molar-refractivity contribution < 1.29 is 22.7 Å². The van der Waals surface area contributed by atoms with Crippen LogP contribution in [0.5, 0.6) is 0 Å². The number of rotatable bonds is 6. The van der Waals surface area contributed by atoms with Crippen molar-refractivity contribution >= 4 is 27.6 Å². The molecule has 1 aliphatic heterocycles. The standard InChI is InChI=1S/C23H31N3O5S/c1-6-31-23(28)20-16(4)24-17(5)21(20)32(29,30)26-11-7-8-18(13-26)22(27)25-19-10-9-14(2)15(3)12-19/h9-10,12,18,24H,6-8,11,13H2,1-5H3,(H,25,27)/t18-/m1/s1. The second-order valence-electron chi connectivity index (χ2n) is 8.29. The Labute approximate surface area is 189 Å². The number of aryl methyl sites for hydroxylation is 4. The largest absolute Gasteiger partial charge is 0.462 e. The zero-order valence-corrected chi connectivity index (χ0v) is 20.1. The average Bonchev–Trinajstić information content (AvgIpc) is 3.05. The van der Waals surface area contributed by atoms with E-state index in [4.69, 9.17) is 4.74 Å². The van der Waals surface area contributed by atoms with Gasteiger partial charge in [-0.05, 0) is 70.7 Å². The molecule has 2 N–H and O–H groups in total. The predicted molar refractivity (Wildman–Crippen MR) is 122 cm³/mol. The third kappa shape index (κ3) is 4.73. The van der Waals surface area contributed by atoms with Gasteiger partial charge in [-0.15, -0.1) is 0 Å². The van der Waals surface area contributed by atoms with Gasteiger partial charge >= 0.3 is 5.97 Å². The lowest BCUT2D eigenvalue weighted by molar-refractivity contribution is -0.120. The number of esters is 1. The molecular formula is C23H31N3O5S. The second kappa shape index (κ2) is 9.46. The van der Waals surface area contributed by atoms with Crippen molar-refractivity contribution in [2.24, 2.45) is 5.92 Å². The number of amides is 1. The van der Waals surface area contributed by atoms with E-state index in [1.807, 2.05) is 32.0 Å². The van der Waals surface area contributed by atoms with Gasteiger partial charge in [-0.3, -0.25) is 4.79 Å². The summed E-state index contributed by atoms with van der Waals surface area (Å²) >= 11 is 0. The monoisotopic (exact) mass is 461 g/mol. The number of ether oxygens (including phenoxy) is 1. The van der Waals surface area contributed by atoms with Gasteiger partial charge in [0.2, 0.25) is 15.9 Å². The lowest BCUT2D eigenvalue weighted by atomic mass is 9.98. The van der Waals surface area contributed by atoms with Gasteiger partial charge in [0.1, 0.15) is 10.5 Å². The molecule has 8 nitrogen and oxygen atoms in total. The van der Waals surface area contributed by atoms with Crippen LogP contribution >= 0.6 is 0 Å². The predicted octanol–water partition coefficient (Wildman–Crippen LogP) is 3.46. The summed E-state index contributed by atoms with van der Waals surface area (Å²) in [4.78, 5) is 28.2. The van der Waals surface area contributed by atoms with Crippen LogP contribution in [0.1, 0.15) is 52.6 Å². The molecule has 3 rings (SSSR count). The number of aromatic nitrogens is 1. The molecular weight excluding hydrogens is 430 g/mol. The average molecular weight is 462 g/mol. The molecule has 0 spiro atoms. The summed E-state index contributed by atoms with van der Waals surface area (Å²) in [7, 11) is -4.00. The minimum atomic E-state index is -4.00. The zero-order valence-electron chi connectivity index (χ0n) is 19.2. The van der Waals surface area contributed by atoms with E-state index in [1.165, 1.54) is 4.31 Å². The summed E-state index contributed by atoms with van der Waals surface area (Å²) in [5.74, 6) is -1.36. The highest BCUT2D eigenvalue weighted by Gasteiger charge is 2.38. The smallest absolute Gasteiger partial charge is 0.341 e. The van der Waals surface area contributed by atoms with Crippen LogP contribution < -0.4 is 5.32 Å². The summed E-state index contributed by atoms with van der Waals surface area (Å²) in [5, 5.41) is 2.91. The number of nitrogens with one attached hydrogen (secondary N) is 2. The van der Waals surface area contributed by atoms with E-state index in [0.29, 0.717) is 36.5 Å². The van der Waals surface area contributed by atoms with Crippen LogP contribution in [0.3, 0.4) is 0 Å². The normalized spacial score (nSPS) is 17.2. The third-order valence-corrected chi connectivity index (χ3v) is 7.96. The lowest BCUT2D eigenvalue weighted by Gasteiger charge is -2.31. The Bertz CT molecular complexity index is 1140. The maximum atomic E-state index is 13.5. The van der Waals surface area contributed by atoms with Crippen molar-refractivity contribution in [2.75, 3.05) is 25.0 Å². The molecule has 2 aromatic rings. The van der Waals surface area contributed by atoms with Crippen molar-refractivity contribution in [1.82, 2.24) is 9.29 Å². The highest BCUT2D eigenvalue weighted by atomic mass is 32.2. The molecule has 1 aromatic heterocycles. The highest BCUT2D eigenvalue weighted by Crippen LogP contribution is 2.31. The Hall–Kier alpha value is -2.65. The van der Waals surface area contributed by atoms with E-state index in [2.05, 4.69) is 10.3 Å². The number of carbonyl (C=O) groups excluding carboxylic acids is 2. The number of hydrogen-bond donors (Lipinski definition) is 2. The minimum absolute atomic E-state index is 0.0334. The first-order chi connectivity index (χ1) is 15.1. The van der Waals surface area contributed by atoms with E-state index in [9.17, 15) is 18.0 Å². The SMILES string of the molecule is CCOC(=O)c1c(C)[nH]c(C)c1S(=O)(=O)N1CCC[C@@H](C(=O)Nc2ccc(C)c(C)c2)C1. The van der Waals surface area contributed by atoms with Crippen molar-refractivity contribution in [3.8, 4) is 0 Å². The van der Waals surface area contributed by atoms with Gasteiger partial charge in [0.05, 0.1) is 12.5 Å². The van der Waals surface area contributed by atoms with Crippen molar-refractivity contribution in [3.05, 3.63) is 46.3 Å². The number of carbonyl (C=O) groups is 2. The van der Waals surface area contributed by atoms with E-state index in [1.54, 1.807) is 20.8 Å². The molecule has 1 aromatic carbocycles. The third-order valence-electron chi connectivity index (χ3n) is 5.92. The van der Waals surface area contributed by atoms with Crippen molar-refractivity contribution in [2.45, 2.75) is 52.4 Å². The minimum Gasteiger partial charge on any atom is -0.462 e. The quantitative estimate of drug-likeness (QED) is 0.641. The van der Waals surface area contributed by atoms with Crippen LogP contribution in [0, 0.1) is 33.6 Å². The van der Waals surface area contributed by atoms with Crippen LogP contribution in [0.25, 0.3) is 0 Å². The zero-order chi connectivity index (χ0) is 23.6. The number of aromatic amines is 1.